The molecule has 0 bridgehead atoms. The van der Waals surface area contributed by atoms with Crippen LogP contribution in [0.4, 0.5) is 0 Å². The molecule has 1 unspecified atom stereocenters. The van der Waals surface area contributed by atoms with Crippen molar-refractivity contribution in [3.63, 3.8) is 0 Å². The Balaban J connectivity index is 1.42. The molecule has 1 amide bonds. The predicted molar refractivity (Wildman–Crippen MR) is 114 cm³/mol. The second kappa shape index (κ2) is 7.98. The predicted octanol–water partition coefficient (Wildman–Crippen LogP) is 3.60. The van der Waals surface area contributed by atoms with Gasteiger partial charge in [-0.1, -0.05) is 48.5 Å². The zero-order chi connectivity index (χ0) is 20.2. The first-order valence-electron chi connectivity index (χ1n) is 9.20. The second-order valence-corrected chi connectivity index (χ2v) is 6.64. The molecular formula is C23H19N3O3. The number of para-hydroxylation sites is 1. The van der Waals surface area contributed by atoms with Crippen LogP contribution in [0.5, 0.6) is 5.75 Å². The van der Waals surface area contributed by atoms with E-state index in [9.17, 15) is 9.59 Å². The number of amides is 1. The maximum atomic E-state index is 12.3. The lowest BCUT2D eigenvalue weighted by Crippen LogP contribution is -2.33. The van der Waals surface area contributed by atoms with Crippen molar-refractivity contribution in [1.29, 1.82) is 0 Å². The number of carbonyl (C=O) groups excluding carboxylic acids is 1. The summed E-state index contributed by atoms with van der Waals surface area (Å²) < 4.78 is 5.71. The molecule has 6 heteroatoms. The van der Waals surface area contributed by atoms with Gasteiger partial charge in [0.25, 0.3) is 11.5 Å². The number of nitrogens with zero attached hydrogens (tertiary/aromatic N) is 1. The number of aromatic amines is 1. The molecule has 4 aromatic rings. The van der Waals surface area contributed by atoms with E-state index in [4.69, 9.17) is 4.74 Å². The second-order valence-electron chi connectivity index (χ2n) is 6.64. The first-order chi connectivity index (χ1) is 14.1. The normalized spacial score (nSPS) is 12.3. The fourth-order valence-electron chi connectivity index (χ4n) is 3.01. The largest absolute Gasteiger partial charge is 0.481 e. The van der Waals surface area contributed by atoms with Crippen LogP contribution < -0.4 is 15.7 Å². The lowest BCUT2D eigenvalue weighted by molar-refractivity contribution is -0.127. The molecule has 3 aromatic carbocycles. The Morgan fingerprint density at radius 1 is 1.00 bits per heavy atom. The van der Waals surface area contributed by atoms with Gasteiger partial charge in [0, 0.05) is 5.52 Å². The quantitative estimate of drug-likeness (QED) is 0.407. The number of benzene rings is 3. The van der Waals surface area contributed by atoms with E-state index in [1.54, 1.807) is 13.0 Å². The van der Waals surface area contributed by atoms with Gasteiger partial charge in [0.05, 0.1) is 11.8 Å². The topological polar surface area (TPSA) is 83.5 Å². The first-order valence-corrected chi connectivity index (χ1v) is 9.20. The molecule has 4 rings (SSSR count). The maximum absolute atomic E-state index is 12.3. The van der Waals surface area contributed by atoms with Crippen molar-refractivity contribution < 1.29 is 9.53 Å². The third-order valence-electron chi connectivity index (χ3n) is 4.56. The molecule has 0 saturated heterocycles. The van der Waals surface area contributed by atoms with E-state index in [2.05, 4.69) is 15.5 Å². The summed E-state index contributed by atoms with van der Waals surface area (Å²) in [6.07, 6.45) is 0.578. The van der Waals surface area contributed by atoms with Gasteiger partial charge in [-0.15, -0.1) is 0 Å². The number of pyridine rings is 1. The standard InChI is InChI=1S/C23H19N3O3/c1-15(29-20-11-10-16-6-2-3-7-17(16)13-20)22(27)26-24-14-19-12-18-8-4-5-9-21(18)25-23(19)28/h2-15H,1H3,(H,25,28)(H,26,27). The Bertz CT molecular complexity index is 1280. The van der Waals surface area contributed by atoms with Crippen LogP contribution in [0.15, 0.2) is 82.7 Å². The van der Waals surface area contributed by atoms with Gasteiger partial charge in [-0.05, 0) is 47.3 Å². The van der Waals surface area contributed by atoms with E-state index >= 15 is 0 Å². The van der Waals surface area contributed by atoms with Crippen LogP contribution in [-0.2, 0) is 4.79 Å². The summed E-state index contributed by atoms with van der Waals surface area (Å²) in [6.45, 7) is 1.64. The van der Waals surface area contributed by atoms with E-state index in [0.717, 1.165) is 21.7 Å². The van der Waals surface area contributed by atoms with E-state index in [0.29, 0.717) is 11.3 Å². The van der Waals surface area contributed by atoms with Crippen LogP contribution in [0, 0.1) is 0 Å². The number of hydrazone groups is 1. The highest BCUT2D eigenvalue weighted by Gasteiger charge is 2.14. The average Bonchev–Trinajstić information content (AvgIpc) is 2.74. The number of hydrogen-bond donors (Lipinski definition) is 2. The maximum Gasteiger partial charge on any atom is 0.280 e. The smallest absolute Gasteiger partial charge is 0.280 e. The van der Waals surface area contributed by atoms with Gasteiger partial charge in [0.2, 0.25) is 0 Å². The Morgan fingerprint density at radius 2 is 1.72 bits per heavy atom. The molecule has 2 N–H and O–H groups in total. The minimum absolute atomic E-state index is 0.276. The molecule has 0 fully saturated rings. The highest BCUT2D eigenvalue weighted by molar-refractivity contribution is 5.89. The first kappa shape index (κ1) is 18.4. The molecule has 1 aromatic heterocycles. The number of ether oxygens (including phenoxy) is 1. The molecule has 29 heavy (non-hydrogen) atoms. The molecule has 0 spiro atoms. The zero-order valence-corrected chi connectivity index (χ0v) is 15.8. The molecule has 0 saturated carbocycles. The Morgan fingerprint density at radius 3 is 2.55 bits per heavy atom. The van der Waals surface area contributed by atoms with Crippen LogP contribution >= 0.6 is 0 Å². The lowest BCUT2D eigenvalue weighted by Gasteiger charge is -2.13. The fraction of sp³-hybridized carbons (Fsp3) is 0.0870. The van der Waals surface area contributed by atoms with Crippen molar-refractivity contribution in [2.24, 2.45) is 5.10 Å². The van der Waals surface area contributed by atoms with E-state index in [1.807, 2.05) is 66.7 Å². The van der Waals surface area contributed by atoms with Crippen molar-refractivity contribution in [3.05, 3.63) is 88.7 Å². The number of fused-ring (bicyclic) bond motifs is 2. The number of carbonyl (C=O) groups is 1. The van der Waals surface area contributed by atoms with Crippen molar-refractivity contribution in [1.82, 2.24) is 10.4 Å². The number of nitrogens with one attached hydrogen (secondary N) is 2. The molecule has 1 atom stereocenters. The third-order valence-corrected chi connectivity index (χ3v) is 4.56. The number of aromatic nitrogens is 1. The van der Waals surface area contributed by atoms with Gasteiger partial charge in [0.15, 0.2) is 6.10 Å². The highest BCUT2D eigenvalue weighted by Crippen LogP contribution is 2.21. The molecule has 0 aliphatic rings. The average molecular weight is 385 g/mol. The molecule has 144 valence electrons. The van der Waals surface area contributed by atoms with E-state index in [-0.39, 0.29) is 5.56 Å². The fourth-order valence-corrected chi connectivity index (χ4v) is 3.01. The molecule has 0 aliphatic carbocycles. The monoisotopic (exact) mass is 385 g/mol. The van der Waals surface area contributed by atoms with Crippen molar-refractivity contribution in [2.45, 2.75) is 13.0 Å². The van der Waals surface area contributed by atoms with Crippen molar-refractivity contribution in [3.8, 4) is 5.75 Å². The SMILES string of the molecule is CC(Oc1ccc2ccccc2c1)C(=O)NN=Cc1cc2ccccc2[nH]c1=O. The van der Waals surface area contributed by atoms with E-state index < -0.39 is 12.0 Å². The summed E-state index contributed by atoms with van der Waals surface area (Å²) in [7, 11) is 0. The van der Waals surface area contributed by atoms with Crippen molar-refractivity contribution in [2.75, 3.05) is 0 Å². The number of rotatable bonds is 5. The molecule has 0 radical (unpaired) electrons. The third kappa shape index (κ3) is 4.16. The van der Waals surface area contributed by atoms with Crippen LogP contribution in [0.2, 0.25) is 0 Å². The Hall–Kier alpha value is -3.93. The van der Waals surface area contributed by atoms with Crippen LogP contribution in [0.25, 0.3) is 21.7 Å². The van der Waals surface area contributed by atoms with Crippen LogP contribution in [0.3, 0.4) is 0 Å². The lowest BCUT2D eigenvalue weighted by atomic mass is 10.1. The summed E-state index contributed by atoms with van der Waals surface area (Å²) in [5.74, 6) is 0.188. The number of H-pyrrole nitrogens is 1. The Labute approximate surface area is 166 Å². The van der Waals surface area contributed by atoms with Gasteiger partial charge in [-0.3, -0.25) is 9.59 Å². The van der Waals surface area contributed by atoms with Gasteiger partial charge < -0.3 is 9.72 Å². The summed E-state index contributed by atoms with van der Waals surface area (Å²) in [5.41, 5.74) is 3.24. The van der Waals surface area contributed by atoms with Crippen LogP contribution in [0.1, 0.15) is 12.5 Å². The number of hydrogen-bond acceptors (Lipinski definition) is 4. The molecular weight excluding hydrogens is 366 g/mol. The van der Waals surface area contributed by atoms with Crippen LogP contribution in [-0.4, -0.2) is 23.2 Å². The van der Waals surface area contributed by atoms with Gasteiger partial charge in [-0.25, -0.2) is 5.43 Å². The summed E-state index contributed by atoms with van der Waals surface area (Å²) in [4.78, 5) is 27.2. The highest BCUT2D eigenvalue weighted by atomic mass is 16.5. The zero-order valence-electron chi connectivity index (χ0n) is 15.8. The van der Waals surface area contributed by atoms with Gasteiger partial charge in [-0.2, -0.15) is 5.10 Å². The molecule has 0 aliphatic heterocycles. The summed E-state index contributed by atoms with van der Waals surface area (Å²) in [6, 6.07) is 22.7. The summed E-state index contributed by atoms with van der Waals surface area (Å²) in [5, 5.41) is 6.91. The van der Waals surface area contributed by atoms with E-state index in [1.165, 1.54) is 6.21 Å². The van der Waals surface area contributed by atoms with Gasteiger partial charge in [0.1, 0.15) is 5.75 Å². The molecule has 1 heterocycles. The van der Waals surface area contributed by atoms with Gasteiger partial charge >= 0.3 is 0 Å². The summed E-state index contributed by atoms with van der Waals surface area (Å²) >= 11 is 0. The minimum Gasteiger partial charge on any atom is -0.481 e. The molecule has 6 nitrogen and oxygen atoms in total. The minimum atomic E-state index is -0.747. The Kier molecular flexibility index (Phi) is 5.07. The van der Waals surface area contributed by atoms with Crippen molar-refractivity contribution >= 4 is 33.8 Å².